The number of hydrogen-bond acceptors (Lipinski definition) is 4. The number of anilines is 2. The number of carbonyl (C=O) groups is 1. The van der Waals surface area contributed by atoms with Gasteiger partial charge in [-0.2, -0.15) is 0 Å². The largest absolute Gasteiger partial charge is 0.339 e. The lowest BCUT2D eigenvalue weighted by Crippen LogP contribution is -2.36. The Morgan fingerprint density at radius 2 is 1.62 bits per heavy atom. The smallest absolute Gasteiger partial charge is 0.274 e. The Labute approximate surface area is 153 Å². The van der Waals surface area contributed by atoms with Crippen LogP contribution >= 0.6 is 0 Å². The van der Waals surface area contributed by atoms with Crippen LogP contribution in [0, 0.1) is 0 Å². The Morgan fingerprint density at radius 1 is 0.962 bits per heavy atom. The molecule has 3 rings (SSSR count). The molecule has 0 saturated heterocycles. The van der Waals surface area contributed by atoms with Gasteiger partial charge in [-0.05, 0) is 31.5 Å². The van der Waals surface area contributed by atoms with Crippen LogP contribution in [-0.2, 0) is 6.54 Å². The summed E-state index contributed by atoms with van der Waals surface area (Å²) < 4.78 is 0. The highest BCUT2D eigenvalue weighted by atomic mass is 16.2. The maximum absolute atomic E-state index is 12.9. The number of amides is 1. The summed E-state index contributed by atoms with van der Waals surface area (Å²) >= 11 is 0. The molecule has 1 aromatic heterocycles. The summed E-state index contributed by atoms with van der Waals surface area (Å²) in [5.41, 5.74) is 2.35. The SMILES string of the molecule is CC(C)N(Cc1ccccc1)C(=O)c1cnc(Nc2ccccc2)cn1. The van der Waals surface area contributed by atoms with Crippen LogP contribution in [0.4, 0.5) is 11.5 Å². The highest BCUT2D eigenvalue weighted by Gasteiger charge is 2.20. The van der Waals surface area contributed by atoms with Crippen LogP contribution in [-0.4, -0.2) is 26.8 Å². The Bertz CT molecular complexity index is 833. The summed E-state index contributed by atoms with van der Waals surface area (Å²) in [5.74, 6) is 0.481. The van der Waals surface area contributed by atoms with Gasteiger partial charge in [-0.25, -0.2) is 9.97 Å². The minimum Gasteiger partial charge on any atom is -0.339 e. The topological polar surface area (TPSA) is 58.1 Å². The fourth-order valence-electron chi connectivity index (χ4n) is 2.59. The minimum atomic E-state index is -0.123. The van der Waals surface area contributed by atoms with Crippen LogP contribution in [0.5, 0.6) is 0 Å². The van der Waals surface area contributed by atoms with E-state index in [1.165, 1.54) is 6.20 Å². The first-order valence-electron chi connectivity index (χ1n) is 8.62. The van der Waals surface area contributed by atoms with Crippen molar-refractivity contribution < 1.29 is 4.79 Å². The molecule has 0 atom stereocenters. The summed E-state index contributed by atoms with van der Waals surface area (Å²) in [5, 5.41) is 3.16. The molecule has 1 amide bonds. The monoisotopic (exact) mass is 346 g/mol. The molecule has 0 unspecified atom stereocenters. The molecule has 1 heterocycles. The summed E-state index contributed by atoms with van der Waals surface area (Å²) in [6, 6.07) is 19.7. The van der Waals surface area contributed by atoms with Gasteiger partial charge in [-0.1, -0.05) is 48.5 Å². The van der Waals surface area contributed by atoms with Gasteiger partial charge < -0.3 is 10.2 Å². The second kappa shape index (κ2) is 8.25. The van der Waals surface area contributed by atoms with Gasteiger partial charge in [-0.3, -0.25) is 4.79 Å². The molecule has 5 heteroatoms. The molecule has 0 aliphatic carbocycles. The second-order valence-electron chi connectivity index (χ2n) is 6.29. The molecule has 0 aliphatic rings. The van der Waals surface area contributed by atoms with Gasteiger partial charge in [0, 0.05) is 18.3 Å². The number of para-hydroxylation sites is 1. The van der Waals surface area contributed by atoms with Crippen molar-refractivity contribution in [2.75, 3.05) is 5.32 Å². The van der Waals surface area contributed by atoms with E-state index in [2.05, 4.69) is 15.3 Å². The Balaban J connectivity index is 1.73. The third-order valence-corrected chi connectivity index (χ3v) is 4.00. The van der Waals surface area contributed by atoms with Crippen LogP contribution < -0.4 is 5.32 Å². The maximum Gasteiger partial charge on any atom is 0.274 e. The van der Waals surface area contributed by atoms with Crippen molar-refractivity contribution in [3.8, 4) is 0 Å². The number of nitrogens with one attached hydrogen (secondary N) is 1. The normalized spacial score (nSPS) is 10.6. The number of carbonyl (C=O) groups excluding carboxylic acids is 1. The third kappa shape index (κ3) is 4.45. The highest BCUT2D eigenvalue weighted by Crippen LogP contribution is 2.15. The lowest BCUT2D eigenvalue weighted by Gasteiger charge is -2.26. The van der Waals surface area contributed by atoms with Gasteiger partial charge >= 0.3 is 0 Å². The molecule has 3 aromatic rings. The molecule has 0 aliphatic heterocycles. The van der Waals surface area contributed by atoms with Gasteiger partial charge in [0.25, 0.3) is 5.91 Å². The zero-order valence-corrected chi connectivity index (χ0v) is 15.0. The first kappa shape index (κ1) is 17.6. The van der Waals surface area contributed by atoms with Crippen molar-refractivity contribution in [2.24, 2.45) is 0 Å². The Kier molecular flexibility index (Phi) is 5.59. The van der Waals surface area contributed by atoms with Gasteiger partial charge in [0.15, 0.2) is 0 Å². The van der Waals surface area contributed by atoms with E-state index >= 15 is 0 Å². The molecular weight excluding hydrogens is 324 g/mol. The molecule has 1 N–H and O–H groups in total. The number of hydrogen-bond donors (Lipinski definition) is 1. The van der Waals surface area contributed by atoms with Gasteiger partial charge in [-0.15, -0.1) is 0 Å². The second-order valence-corrected chi connectivity index (χ2v) is 6.29. The number of benzene rings is 2. The molecule has 0 radical (unpaired) electrons. The van der Waals surface area contributed by atoms with Crippen LogP contribution in [0.1, 0.15) is 29.9 Å². The van der Waals surface area contributed by atoms with E-state index in [0.717, 1.165) is 11.3 Å². The summed E-state index contributed by atoms with van der Waals surface area (Å²) in [4.78, 5) is 23.3. The first-order valence-corrected chi connectivity index (χ1v) is 8.62. The molecule has 2 aromatic carbocycles. The maximum atomic E-state index is 12.9. The number of aromatic nitrogens is 2. The Hall–Kier alpha value is -3.21. The zero-order valence-electron chi connectivity index (χ0n) is 15.0. The van der Waals surface area contributed by atoms with Crippen molar-refractivity contribution in [1.82, 2.24) is 14.9 Å². The van der Waals surface area contributed by atoms with Crippen LogP contribution in [0.2, 0.25) is 0 Å². The summed E-state index contributed by atoms with van der Waals surface area (Å²) in [7, 11) is 0. The minimum absolute atomic E-state index is 0.0617. The Morgan fingerprint density at radius 3 is 2.19 bits per heavy atom. The van der Waals surface area contributed by atoms with Crippen molar-refractivity contribution in [2.45, 2.75) is 26.4 Å². The molecule has 5 nitrogen and oxygen atoms in total. The van der Waals surface area contributed by atoms with Crippen molar-refractivity contribution in [3.63, 3.8) is 0 Å². The molecule has 0 bridgehead atoms. The quantitative estimate of drug-likeness (QED) is 0.724. The van der Waals surface area contributed by atoms with Crippen molar-refractivity contribution in [3.05, 3.63) is 84.3 Å². The molecule has 132 valence electrons. The van der Waals surface area contributed by atoms with Crippen molar-refractivity contribution >= 4 is 17.4 Å². The first-order chi connectivity index (χ1) is 12.6. The standard InChI is InChI=1S/C21H22N4O/c1-16(2)25(15-17-9-5-3-6-10-17)21(26)19-13-23-20(14-22-19)24-18-11-7-4-8-12-18/h3-14,16H,15H2,1-2H3,(H,23,24). The van der Waals surface area contributed by atoms with Crippen LogP contribution in [0.15, 0.2) is 73.1 Å². The molecular formula is C21H22N4O. The zero-order chi connectivity index (χ0) is 18.4. The van der Waals surface area contributed by atoms with Crippen LogP contribution in [0.3, 0.4) is 0 Å². The number of rotatable bonds is 6. The number of nitrogens with zero attached hydrogens (tertiary/aromatic N) is 3. The van der Waals surface area contributed by atoms with E-state index in [1.54, 1.807) is 11.1 Å². The molecule has 26 heavy (non-hydrogen) atoms. The lowest BCUT2D eigenvalue weighted by atomic mass is 10.2. The predicted octanol–water partition coefficient (Wildman–Crippen LogP) is 4.27. The fraction of sp³-hybridized carbons (Fsp3) is 0.190. The van der Waals surface area contributed by atoms with Crippen LogP contribution in [0.25, 0.3) is 0 Å². The predicted molar refractivity (Wildman–Crippen MR) is 103 cm³/mol. The fourth-order valence-corrected chi connectivity index (χ4v) is 2.59. The summed E-state index contributed by atoms with van der Waals surface area (Å²) in [6.07, 6.45) is 3.11. The average molecular weight is 346 g/mol. The highest BCUT2D eigenvalue weighted by molar-refractivity contribution is 5.92. The van der Waals surface area contributed by atoms with E-state index in [1.807, 2.05) is 74.5 Å². The summed E-state index contributed by atoms with van der Waals surface area (Å²) in [6.45, 7) is 4.54. The van der Waals surface area contributed by atoms with E-state index in [4.69, 9.17) is 0 Å². The van der Waals surface area contributed by atoms with E-state index < -0.39 is 0 Å². The van der Waals surface area contributed by atoms with Gasteiger partial charge in [0.2, 0.25) is 0 Å². The van der Waals surface area contributed by atoms with E-state index in [9.17, 15) is 4.79 Å². The average Bonchev–Trinajstić information content (AvgIpc) is 2.67. The van der Waals surface area contributed by atoms with Gasteiger partial charge in [0.1, 0.15) is 11.5 Å². The van der Waals surface area contributed by atoms with E-state index in [-0.39, 0.29) is 11.9 Å². The molecule has 0 spiro atoms. The van der Waals surface area contributed by atoms with Gasteiger partial charge in [0.05, 0.1) is 12.4 Å². The molecule has 0 fully saturated rings. The van der Waals surface area contributed by atoms with Crippen molar-refractivity contribution in [1.29, 1.82) is 0 Å². The molecule has 0 saturated carbocycles. The lowest BCUT2D eigenvalue weighted by molar-refractivity contribution is 0.0684. The van der Waals surface area contributed by atoms with E-state index in [0.29, 0.717) is 18.1 Å². The third-order valence-electron chi connectivity index (χ3n) is 4.00.